The van der Waals surface area contributed by atoms with Gasteiger partial charge in [0.1, 0.15) is 17.5 Å². The van der Waals surface area contributed by atoms with Crippen LogP contribution >= 0.6 is 0 Å². The fourth-order valence-corrected chi connectivity index (χ4v) is 1.79. The summed E-state index contributed by atoms with van der Waals surface area (Å²) >= 11 is 0. The van der Waals surface area contributed by atoms with Gasteiger partial charge in [-0.3, -0.25) is 9.59 Å². The average Bonchev–Trinajstić information content (AvgIpc) is 2.82. The van der Waals surface area contributed by atoms with Crippen molar-refractivity contribution in [3.8, 4) is 0 Å². The molecule has 0 saturated heterocycles. The van der Waals surface area contributed by atoms with E-state index in [1.54, 1.807) is 20.8 Å². The van der Waals surface area contributed by atoms with Gasteiger partial charge in [0.25, 0.3) is 0 Å². The lowest BCUT2D eigenvalue weighted by Crippen LogP contribution is -2.37. The molecule has 0 saturated carbocycles. The summed E-state index contributed by atoms with van der Waals surface area (Å²) in [5.41, 5.74) is 0.290. The van der Waals surface area contributed by atoms with Crippen molar-refractivity contribution in [1.29, 1.82) is 0 Å². The Morgan fingerprint density at radius 3 is 2.70 bits per heavy atom. The van der Waals surface area contributed by atoms with Crippen LogP contribution < -0.4 is 0 Å². The lowest BCUT2D eigenvalue weighted by atomic mass is 9.88. The Balaban J connectivity index is 2.21. The van der Waals surface area contributed by atoms with E-state index in [1.165, 1.54) is 4.68 Å². The maximum absolute atomic E-state index is 12.3. The van der Waals surface area contributed by atoms with Gasteiger partial charge in [0.15, 0.2) is 5.78 Å². The first-order valence-corrected chi connectivity index (χ1v) is 6.45. The third kappa shape index (κ3) is 2.54. The van der Waals surface area contributed by atoms with Crippen molar-refractivity contribution in [1.82, 2.24) is 15.0 Å². The Bertz CT molecular complexity index is 646. The molecule has 0 spiro atoms. The lowest BCUT2D eigenvalue weighted by molar-refractivity contribution is -0.158. The predicted molar refractivity (Wildman–Crippen MR) is 72.9 cm³/mol. The molecule has 0 N–H and O–H groups in total. The number of rotatable bonds is 5. The first kappa shape index (κ1) is 14.2. The standard InChI is InChI=1S/C14H17N3O3/c1-4-20-13(19)14(2,3)12(18)9-17-11-8-6-5-7-10(11)15-16-17/h5-8H,4,9H2,1-3H3. The van der Waals surface area contributed by atoms with Crippen LogP contribution in [0, 0.1) is 5.41 Å². The van der Waals surface area contributed by atoms with Gasteiger partial charge in [0.05, 0.1) is 12.1 Å². The summed E-state index contributed by atoms with van der Waals surface area (Å²) < 4.78 is 6.43. The van der Waals surface area contributed by atoms with E-state index >= 15 is 0 Å². The van der Waals surface area contributed by atoms with E-state index < -0.39 is 11.4 Å². The van der Waals surface area contributed by atoms with E-state index in [1.807, 2.05) is 24.3 Å². The van der Waals surface area contributed by atoms with Crippen molar-refractivity contribution in [2.24, 2.45) is 5.41 Å². The summed E-state index contributed by atoms with van der Waals surface area (Å²) in [7, 11) is 0. The number of hydrogen-bond donors (Lipinski definition) is 0. The van der Waals surface area contributed by atoms with Crippen molar-refractivity contribution in [2.45, 2.75) is 27.3 Å². The van der Waals surface area contributed by atoms with E-state index in [0.29, 0.717) is 5.52 Å². The summed E-state index contributed by atoms with van der Waals surface area (Å²) in [6, 6.07) is 7.36. The molecule has 0 bridgehead atoms. The third-order valence-corrected chi connectivity index (χ3v) is 3.20. The highest BCUT2D eigenvalue weighted by molar-refractivity contribution is 6.03. The number of aromatic nitrogens is 3. The van der Waals surface area contributed by atoms with Gasteiger partial charge in [0.2, 0.25) is 0 Å². The first-order valence-electron chi connectivity index (χ1n) is 6.45. The summed E-state index contributed by atoms with van der Waals surface area (Å²) in [5, 5.41) is 7.93. The molecule has 1 aromatic carbocycles. The van der Waals surface area contributed by atoms with E-state index in [9.17, 15) is 9.59 Å². The van der Waals surface area contributed by atoms with Gasteiger partial charge in [-0.2, -0.15) is 0 Å². The Morgan fingerprint density at radius 2 is 2.00 bits per heavy atom. The number of ether oxygens (including phenoxy) is 1. The Kier molecular flexibility index (Phi) is 3.83. The van der Waals surface area contributed by atoms with E-state index in [4.69, 9.17) is 4.74 Å². The number of carbonyl (C=O) groups excluding carboxylic acids is 2. The second-order valence-corrected chi connectivity index (χ2v) is 5.00. The van der Waals surface area contributed by atoms with Crippen LogP contribution in [-0.4, -0.2) is 33.4 Å². The zero-order valence-corrected chi connectivity index (χ0v) is 11.8. The molecule has 1 aromatic heterocycles. The molecule has 2 rings (SSSR count). The maximum atomic E-state index is 12.3. The second kappa shape index (κ2) is 5.40. The molecule has 6 nitrogen and oxygen atoms in total. The molecule has 0 amide bonds. The number of carbonyl (C=O) groups is 2. The normalized spacial score (nSPS) is 11.6. The van der Waals surface area contributed by atoms with Crippen LogP contribution in [0.15, 0.2) is 24.3 Å². The summed E-state index contributed by atoms with van der Waals surface area (Å²) in [6.07, 6.45) is 0. The molecule has 20 heavy (non-hydrogen) atoms. The fraction of sp³-hybridized carbons (Fsp3) is 0.429. The van der Waals surface area contributed by atoms with E-state index in [-0.39, 0.29) is 18.9 Å². The third-order valence-electron chi connectivity index (χ3n) is 3.20. The molecule has 2 aromatic rings. The molecule has 0 radical (unpaired) electrons. The molecule has 1 heterocycles. The first-order chi connectivity index (χ1) is 9.46. The number of nitrogens with zero attached hydrogens (tertiary/aromatic N) is 3. The molecule has 106 valence electrons. The Labute approximate surface area is 116 Å². The molecule has 0 unspecified atom stereocenters. The minimum Gasteiger partial charge on any atom is -0.465 e. The van der Waals surface area contributed by atoms with Crippen LogP contribution in [0.2, 0.25) is 0 Å². The minimum absolute atomic E-state index is 0.00761. The number of esters is 1. The highest BCUT2D eigenvalue weighted by atomic mass is 16.5. The van der Waals surface area contributed by atoms with Crippen molar-refractivity contribution >= 4 is 22.8 Å². The largest absolute Gasteiger partial charge is 0.465 e. The number of ketones is 1. The van der Waals surface area contributed by atoms with Crippen LogP contribution in [0.25, 0.3) is 11.0 Å². The minimum atomic E-state index is -1.19. The van der Waals surface area contributed by atoms with E-state index in [2.05, 4.69) is 10.3 Å². The molecule has 6 heteroatoms. The van der Waals surface area contributed by atoms with Gasteiger partial charge in [-0.25, -0.2) is 4.68 Å². The average molecular weight is 275 g/mol. The van der Waals surface area contributed by atoms with Crippen LogP contribution in [0.5, 0.6) is 0 Å². The highest BCUT2D eigenvalue weighted by Gasteiger charge is 2.37. The Morgan fingerprint density at radius 1 is 1.30 bits per heavy atom. The van der Waals surface area contributed by atoms with Crippen LogP contribution in [0.4, 0.5) is 0 Å². The molecule has 0 aliphatic heterocycles. The van der Waals surface area contributed by atoms with Crippen LogP contribution in [0.1, 0.15) is 20.8 Å². The number of para-hydroxylation sites is 1. The van der Waals surface area contributed by atoms with E-state index in [0.717, 1.165) is 5.52 Å². The van der Waals surface area contributed by atoms with Crippen LogP contribution in [-0.2, 0) is 20.9 Å². The van der Waals surface area contributed by atoms with Gasteiger partial charge in [-0.05, 0) is 32.9 Å². The molecule has 0 aliphatic carbocycles. The SMILES string of the molecule is CCOC(=O)C(C)(C)C(=O)Cn1nnc2ccccc21. The maximum Gasteiger partial charge on any atom is 0.319 e. The quantitative estimate of drug-likeness (QED) is 0.612. The summed E-state index contributed by atoms with van der Waals surface area (Å²) in [4.78, 5) is 24.1. The zero-order valence-electron chi connectivity index (χ0n) is 11.8. The van der Waals surface area contributed by atoms with Crippen molar-refractivity contribution in [3.63, 3.8) is 0 Å². The smallest absolute Gasteiger partial charge is 0.319 e. The zero-order chi connectivity index (χ0) is 14.8. The molecular weight excluding hydrogens is 258 g/mol. The summed E-state index contributed by atoms with van der Waals surface area (Å²) in [5.74, 6) is -0.777. The number of hydrogen-bond acceptors (Lipinski definition) is 5. The summed E-state index contributed by atoms with van der Waals surface area (Å²) in [6.45, 7) is 5.08. The molecule has 0 fully saturated rings. The topological polar surface area (TPSA) is 74.1 Å². The molecular formula is C14H17N3O3. The predicted octanol–water partition coefficient (Wildman–Crippen LogP) is 1.59. The number of fused-ring (bicyclic) bond motifs is 1. The Hall–Kier alpha value is -2.24. The number of Topliss-reactive ketones (excluding diaryl/α,β-unsaturated/α-hetero) is 1. The van der Waals surface area contributed by atoms with Crippen LogP contribution in [0.3, 0.4) is 0 Å². The van der Waals surface area contributed by atoms with Gasteiger partial charge in [-0.15, -0.1) is 5.10 Å². The van der Waals surface area contributed by atoms with Crippen molar-refractivity contribution in [2.75, 3.05) is 6.61 Å². The molecule has 0 atom stereocenters. The van der Waals surface area contributed by atoms with Gasteiger partial charge < -0.3 is 4.74 Å². The molecule has 0 aliphatic rings. The second-order valence-electron chi connectivity index (χ2n) is 5.00. The highest BCUT2D eigenvalue weighted by Crippen LogP contribution is 2.21. The lowest BCUT2D eigenvalue weighted by Gasteiger charge is -2.20. The number of benzene rings is 1. The van der Waals surface area contributed by atoms with Gasteiger partial charge in [0, 0.05) is 0 Å². The fourth-order valence-electron chi connectivity index (χ4n) is 1.79. The monoisotopic (exact) mass is 275 g/mol. The van der Waals surface area contributed by atoms with Gasteiger partial charge >= 0.3 is 5.97 Å². The van der Waals surface area contributed by atoms with Gasteiger partial charge in [-0.1, -0.05) is 17.3 Å². The van der Waals surface area contributed by atoms with Crippen molar-refractivity contribution < 1.29 is 14.3 Å². The van der Waals surface area contributed by atoms with Crippen molar-refractivity contribution in [3.05, 3.63) is 24.3 Å².